The Balaban J connectivity index is 2.26. The maximum Gasteiger partial charge on any atom is 0.0738 e. The molecule has 3 nitrogen and oxygen atoms in total. The van der Waals surface area contributed by atoms with Crippen LogP contribution in [0, 0.1) is 29.1 Å². The number of hydrogen-bond acceptors (Lipinski definition) is 2. The van der Waals surface area contributed by atoms with Crippen molar-refractivity contribution >= 4 is 15.9 Å². The van der Waals surface area contributed by atoms with E-state index in [1.54, 1.807) is 0 Å². The Kier molecular flexibility index (Phi) is 4.30. The molecule has 1 aromatic heterocycles. The van der Waals surface area contributed by atoms with Crippen molar-refractivity contribution in [3.63, 3.8) is 0 Å². The molecule has 1 heterocycles. The molecule has 0 N–H and O–H groups in total. The number of aryl methyl sites for hydroxylation is 2. The first-order valence-electron chi connectivity index (χ1n) is 7.45. The van der Waals surface area contributed by atoms with Crippen molar-refractivity contribution in [1.29, 1.82) is 5.26 Å². The SMILES string of the molecule is CCn1nc(C)c(Br)c1CC1(C#N)CCC(C)(C)CC1. The van der Waals surface area contributed by atoms with Crippen molar-refractivity contribution in [3.8, 4) is 6.07 Å². The minimum Gasteiger partial charge on any atom is -0.268 e. The molecular formula is C16H24BrN3. The number of aromatic nitrogens is 2. The van der Waals surface area contributed by atoms with Crippen LogP contribution in [0.5, 0.6) is 0 Å². The van der Waals surface area contributed by atoms with E-state index in [4.69, 9.17) is 0 Å². The summed E-state index contributed by atoms with van der Waals surface area (Å²) in [5.74, 6) is 0. The van der Waals surface area contributed by atoms with Crippen molar-refractivity contribution in [2.45, 2.75) is 66.3 Å². The van der Waals surface area contributed by atoms with Crippen LogP contribution >= 0.6 is 15.9 Å². The minimum absolute atomic E-state index is 0.211. The molecule has 20 heavy (non-hydrogen) atoms. The zero-order valence-corrected chi connectivity index (χ0v) is 14.5. The van der Waals surface area contributed by atoms with E-state index in [-0.39, 0.29) is 5.41 Å². The molecule has 0 aromatic carbocycles. The lowest BCUT2D eigenvalue weighted by Crippen LogP contribution is -2.32. The Bertz CT molecular complexity index is 527. The van der Waals surface area contributed by atoms with Gasteiger partial charge in [-0.1, -0.05) is 13.8 Å². The Morgan fingerprint density at radius 2 is 1.90 bits per heavy atom. The smallest absolute Gasteiger partial charge is 0.0738 e. The third kappa shape index (κ3) is 2.93. The Labute approximate surface area is 130 Å². The van der Waals surface area contributed by atoms with Gasteiger partial charge in [0, 0.05) is 13.0 Å². The molecular weight excluding hydrogens is 314 g/mol. The number of rotatable bonds is 3. The highest BCUT2D eigenvalue weighted by molar-refractivity contribution is 9.10. The number of nitrogens with zero attached hydrogens (tertiary/aromatic N) is 3. The third-order valence-electron chi connectivity index (χ3n) is 4.76. The Morgan fingerprint density at radius 1 is 1.30 bits per heavy atom. The van der Waals surface area contributed by atoms with Crippen LogP contribution in [0.1, 0.15) is 57.8 Å². The molecule has 0 amide bonds. The van der Waals surface area contributed by atoms with Crippen LogP contribution < -0.4 is 0 Å². The monoisotopic (exact) mass is 337 g/mol. The summed E-state index contributed by atoms with van der Waals surface area (Å²) in [4.78, 5) is 0. The van der Waals surface area contributed by atoms with Gasteiger partial charge in [-0.15, -0.1) is 0 Å². The summed E-state index contributed by atoms with van der Waals surface area (Å²) in [5.41, 5.74) is 2.38. The molecule has 1 aliphatic carbocycles. The van der Waals surface area contributed by atoms with Gasteiger partial charge in [0.1, 0.15) is 0 Å². The highest BCUT2D eigenvalue weighted by atomic mass is 79.9. The molecule has 0 aliphatic heterocycles. The van der Waals surface area contributed by atoms with Gasteiger partial charge in [-0.25, -0.2) is 0 Å². The molecule has 0 radical (unpaired) electrons. The Hall–Kier alpha value is -0.820. The van der Waals surface area contributed by atoms with Gasteiger partial charge in [0.15, 0.2) is 0 Å². The molecule has 0 bridgehead atoms. The average Bonchev–Trinajstić information content (AvgIpc) is 2.69. The lowest BCUT2D eigenvalue weighted by molar-refractivity contribution is 0.144. The van der Waals surface area contributed by atoms with E-state index in [0.717, 1.165) is 48.8 Å². The lowest BCUT2D eigenvalue weighted by atomic mass is 9.64. The molecule has 1 saturated carbocycles. The van der Waals surface area contributed by atoms with E-state index in [9.17, 15) is 5.26 Å². The second kappa shape index (κ2) is 5.52. The van der Waals surface area contributed by atoms with Crippen LogP contribution in [-0.2, 0) is 13.0 Å². The van der Waals surface area contributed by atoms with Crippen LogP contribution in [-0.4, -0.2) is 9.78 Å². The van der Waals surface area contributed by atoms with E-state index < -0.39 is 0 Å². The van der Waals surface area contributed by atoms with Crippen molar-refractivity contribution in [1.82, 2.24) is 9.78 Å². The summed E-state index contributed by atoms with van der Waals surface area (Å²) < 4.78 is 3.12. The van der Waals surface area contributed by atoms with E-state index in [2.05, 4.69) is 47.9 Å². The van der Waals surface area contributed by atoms with Gasteiger partial charge in [-0.3, -0.25) is 4.68 Å². The van der Waals surface area contributed by atoms with Crippen LogP contribution in [0.4, 0.5) is 0 Å². The summed E-state index contributed by atoms with van der Waals surface area (Å²) in [5, 5.41) is 14.3. The summed E-state index contributed by atoms with van der Waals surface area (Å²) >= 11 is 3.65. The van der Waals surface area contributed by atoms with Crippen molar-refractivity contribution in [3.05, 3.63) is 15.9 Å². The zero-order valence-electron chi connectivity index (χ0n) is 13.0. The van der Waals surface area contributed by atoms with Gasteiger partial charge in [0.25, 0.3) is 0 Å². The molecule has 0 saturated heterocycles. The number of halogens is 1. The van der Waals surface area contributed by atoms with Crippen molar-refractivity contribution in [2.75, 3.05) is 0 Å². The van der Waals surface area contributed by atoms with Crippen molar-refractivity contribution < 1.29 is 0 Å². The zero-order chi connectivity index (χ0) is 15.0. The summed E-state index contributed by atoms with van der Waals surface area (Å²) in [6.07, 6.45) is 5.08. The summed E-state index contributed by atoms with van der Waals surface area (Å²) in [6, 6.07) is 2.63. The highest BCUT2D eigenvalue weighted by Gasteiger charge is 2.39. The predicted molar refractivity (Wildman–Crippen MR) is 84.3 cm³/mol. The maximum absolute atomic E-state index is 9.74. The second-order valence-electron chi connectivity index (χ2n) is 6.89. The third-order valence-corrected chi connectivity index (χ3v) is 5.79. The molecule has 0 atom stereocenters. The topological polar surface area (TPSA) is 41.6 Å². The van der Waals surface area contributed by atoms with E-state index >= 15 is 0 Å². The van der Waals surface area contributed by atoms with E-state index in [1.807, 2.05) is 11.6 Å². The molecule has 2 rings (SSSR count). The summed E-state index contributed by atoms with van der Waals surface area (Å²) in [7, 11) is 0. The molecule has 0 unspecified atom stereocenters. The number of nitriles is 1. The minimum atomic E-state index is -0.211. The molecule has 4 heteroatoms. The fourth-order valence-electron chi connectivity index (χ4n) is 3.09. The van der Waals surface area contributed by atoms with E-state index in [1.165, 1.54) is 5.69 Å². The van der Waals surface area contributed by atoms with Gasteiger partial charge in [-0.05, 0) is 60.9 Å². The molecule has 1 fully saturated rings. The maximum atomic E-state index is 9.74. The van der Waals surface area contributed by atoms with Crippen LogP contribution in [0.2, 0.25) is 0 Å². The fraction of sp³-hybridized carbons (Fsp3) is 0.750. The predicted octanol–water partition coefficient (Wildman–Crippen LogP) is 4.63. The fourth-order valence-corrected chi connectivity index (χ4v) is 3.52. The normalized spacial score (nSPS) is 20.6. The highest BCUT2D eigenvalue weighted by Crippen LogP contribution is 2.47. The van der Waals surface area contributed by atoms with E-state index in [0.29, 0.717) is 5.41 Å². The summed E-state index contributed by atoms with van der Waals surface area (Å²) in [6.45, 7) is 9.60. The van der Waals surface area contributed by atoms with Gasteiger partial charge in [0.05, 0.1) is 27.3 Å². The quantitative estimate of drug-likeness (QED) is 0.806. The average molecular weight is 338 g/mol. The van der Waals surface area contributed by atoms with Gasteiger partial charge < -0.3 is 0 Å². The van der Waals surface area contributed by atoms with Crippen molar-refractivity contribution in [2.24, 2.45) is 10.8 Å². The Morgan fingerprint density at radius 3 is 2.40 bits per heavy atom. The van der Waals surface area contributed by atoms with Gasteiger partial charge in [-0.2, -0.15) is 10.4 Å². The first kappa shape index (κ1) is 15.6. The molecule has 1 aromatic rings. The molecule has 1 aliphatic rings. The molecule has 0 spiro atoms. The standard InChI is InChI=1S/C16H24BrN3/c1-5-20-13(14(17)12(2)19-20)10-16(11-18)8-6-15(3,4)7-9-16/h5-10H2,1-4H3. The van der Waals surface area contributed by atoms with Gasteiger partial charge >= 0.3 is 0 Å². The van der Waals surface area contributed by atoms with Gasteiger partial charge in [0.2, 0.25) is 0 Å². The van der Waals surface area contributed by atoms with Crippen LogP contribution in [0.3, 0.4) is 0 Å². The van der Waals surface area contributed by atoms with Crippen LogP contribution in [0.15, 0.2) is 4.47 Å². The largest absolute Gasteiger partial charge is 0.268 e. The lowest BCUT2D eigenvalue weighted by Gasteiger charge is -2.39. The first-order chi connectivity index (χ1) is 9.32. The van der Waals surface area contributed by atoms with Crippen LogP contribution in [0.25, 0.3) is 0 Å². The second-order valence-corrected chi connectivity index (χ2v) is 7.69. The first-order valence-corrected chi connectivity index (χ1v) is 8.25. The number of hydrogen-bond donors (Lipinski definition) is 0. The molecule has 110 valence electrons.